The van der Waals surface area contributed by atoms with Crippen LogP contribution < -0.4 is 14.8 Å². The van der Waals surface area contributed by atoms with Crippen molar-refractivity contribution in [2.75, 3.05) is 33.1 Å². The monoisotopic (exact) mass is 368 g/mol. The van der Waals surface area contributed by atoms with E-state index in [1.807, 2.05) is 0 Å². The minimum absolute atomic E-state index is 0.0984. The molecule has 0 saturated carbocycles. The standard InChI is InChI=1S/C18H19F3N2O3/c1-23(9-11-8-12(25-2)4-7-15(11)26-3)10-16(24)22-14-6-5-13(19)17(20)18(14)21/h4-8H,9-10H2,1-3H3,(H,22,24). The number of likely N-dealkylation sites (N-methyl/N-ethyl adjacent to an activating group) is 1. The highest BCUT2D eigenvalue weighted by molar-refractivity contribution is 5.92. The summed E-state index contributed by atoms with van der Waals surface area (Å²) in [6.07, 6.45) is 0. The predicted octanol–water partition coefficient (Wildman–Crippen LogP) is 3.19. The maximum Gasteiger partial charge on any atom is 0.238 e. The molecule has 0 aliphatic carbocycles. The molecule has 0 aromatic heterocycles. The highest BCUT2D eigenvalue weighted by Gasteiger charge is 2.16. The molecule has 2 rings (SSSR count). The molecule has 0 aliphatic rings. The van der Waals surface area contributed by atoms with Gasteiger partial charge in [0.05, 0.1) is 26.5 Å². The lowest BCUT2D eigenvalue weighted by molar-refractivity contribution is -0.117. The summed E-state index contributed by atoms with van der Waals surface area (Å²) >= 11 is 0. The Morgan fingerprint density at radius 2 is 1.81 bits per heavy atom. The summed E-state index contributed by atoms with van der Waals surface area (Å²) in [6, 6.07) is 7.00. The number of ether oxygens (including phenoxy) is 2. The Hall–Kier alpha value is -2.74. The van der Waals surface area contributed by atoms with Gasteiger partial charge in [-0.3, -0.25) is 9.69 Å². The lowest BCUT2D eigenvalue weighted by Crippen LogP contribution is -2.30. The van der Waals surface area contributed by atoms with Crippen molar-refractivity contribution in [1.29, 1.82) is 0 Å². The molecule has 5 nitrogen and oxygen atoms in total. The fourth-order valence-electron chi connectivity index (χ4n) is 2.41. The van der Waals surface area contributed by atoms with E-state index in [9.17, 15) is 18.0 Å². The minimum atomic E-state index is -1.63. The first-order valence-corrected chi connectivity index (χ1v) is 7.68. The fraction of sp³-hybridized carbons (Fsp3) is 0.278. The number of nitrogens with zero attached hydrogens (tertiary/aromatic N) is 1. The topological polar surface area (TPSA) is 50.8 Å². The smallest absolute Gasteiger partial charge is 0.238 e. The third-order valence-corrected chi connectivity index (χ3v) is 3.65. The average Bonchev–Trinajstić information content (AvgIpc) is 2.62. The number of amides is 1. The van der Waals surface area contributed by atoms with E-state index in [2.05, 4.69) is 5.32 Å². The van der Waals surface area contributed by atoms with Crippen LogP contribution >= 0.6 is 0 Å². The van der Waals surface area contributed by atoms with Crippen molar-refractivity contribution in [1.82, 2.24) is 4.90 Å². The SMILES string of the molecule is COc1ccc(OC)c(CN(C)CC(=O)Nc2ccc(F)c(F)c2F)c1. The Morgan fingerprint density at radius 3 is 2.46 bits per heavy atom. The van der Waals surface area contributed by atoms with Crippen LogP contribution in [0.2, 0.25) is 0 Å². The van der Waals surface area contributed by atoms with Gasteiger partial charge in [0.1, 0.15) is 11.5 Å². The number of halogens is 3. The molecule has 1 amide bonds. The molecular formula is C18H19F3N2O3. The molecule has 0 bridgehead atoms. The average molecular weight is 368 g/mol. The highest BCUT2D eigenvalue weighted by atomic mass is 19.2. The zero-order valence-corrected chi connectivity index (χ0v) is 14.6. The first kappa shape index (κ1) is 19.6. The van der Waals surface area contributed by atoms with Crippen LogP contribution in [0, 0.1) is 17.5 Å². The molecule has 0 unspecified atom stereocenters. The van der Waals surface area contributed by atoms with E-state index in [0.29, 0.717) is 18.0 Å². The number of carbonyl (C=O) groups excluding carboxylic acids is 1. The minimum Gasteiger partial charge on any atom is -0.497 e. The molecule has 1 N–H and O–H groups in total. The zero-order chi connectivity index (χ0) is 19.3. The molecule has 0 aliphatic heterocycles. The first-order valence-electron chi connectivity index (χ1n) is 7.68. The Bertz CT molecular complexity index is 799. The summed E-state index contributed by atoms with van der Waals surface area (Å²) in [4.78, 5) is 13.7. The number of rotatable bonds is 7. The number of anilines is 1. The Morgan fingerprint density at radius 1 is 1.08 bits per heavy atom. The second kappa shape index (κ2) is 8.57. The van der Waals surface area contributed by atoms with E-state index in [1.54, 1.807) is 37.3 Å². The number of hydrogen-bond acceptors (Lipinski definition) is 4. The van der Waals surface area contributed by atoms with Gasteiger partial charge in [-0.1, -0.05) is 0 Å². The summed E-state index contributed by atoms with van der Waals surface area (Å²) in [7, 11) is 4.75. The second-order valence-corrected chi connectivity index (χ2v) is 5.62. The van der Waals surface area contributed by atoms with Gasteiger partial charge in [0.25, 0.3) is 0 Å². The van der Waals surface area contributed by atoms with E-state index in [-0.39, 0.29) is 6.54 Å². The molecule has 0 fully saturated rings. The van der Waals surface area contributed by atoms with Crippen molar-refractivity contribution in [2.24, 2.45) is 0 Å². The molecular weight excluding hydrogens is 349 g/mol. The largest absolute Gasteiger partial charge is 0.497 e. The van der Waals surface area contributed by atoms with Gasteiger partial charge in [0.15, 0.2) is 17.5 Å². The maximum atomic E-state index is 13.6. The van der Waals surface area contributed by atoms with Gasteiger partial charge >= 0.3 is 0 Å². The van der Waals surface area contributed by atoms with Crippen LogP contribution in [-0.2, 0) is 11.3 Å². The van der Waals surface area contributed by atoms with Crippen LogP contribution in [0.3, 0.4) is 0 Å². The van der Waals surface area contributed by atoms with E-state index in [0.717, 1.165) is 17.7 Å². The van der Waals surface area contributed by atoms with Crippen molar-refractivity contribution >= 4 is 11.6 Å². The molecule has 8 heteroatoms. The van der Waals surface area contributed by atoms with Crippen LogP contribution in [0.4, 0.5) is 18.9 Å². The van der Waals surface area contributed by atoms with Gasteiger partial charge in [-0.25, -0.2) is 13.2 Å². The molecule has 26 heavy (non-hydrogen) atoms. The van der Waals surface area contributed by atoms with Crippen LogP contribution in [-0.4, -0.2) is 38.6 Å². The number of benzene rings is 2. The zero-order valence-electron chi connectivity index (χ0n) is 14.6. The Kier molecular flexibility index (Phi) is 6.46. The van der Waals surface area contributed by atoms with E-state index in [4.69, 9.17) is 9.47 Å². The molecule has 0 spiro atoms. The van der Waals surface area contributed by atoms with Gasteiger partial charge in [-0.15, -0.1) is 0 Å². The third kappa shape index (κ3) is 4.66. The highest BCUT2D eigenvalue weighted by Crippen LogP contribution is 2.25. The summed E-state index contributed by atoms with van der Waals surface area (Å²) in [5, 5.41) is 2.23. The number of nitrogens with one attached hydrogen (secondary N) is 1. The molecule has 0 atom stereocenters. The van der Waals surface area contributed by atoms with Gasteiger partial charge in [0.2, 0.25) is 5.91 Å². The Balaban J connectivity index is 2.03. The van der Waals surface area contributed by atoms with Gasteiger partial charge in [-0.05, 0) is 37.4 Å². The van der Waals surface area contributed by atoms with Crippen LogP contribution in [0.15, 0.2) is 30.3 Å². The van der Waals surface area contributed by atoms with Crippen molar-refractivity contribution in [3.8, 4) is 11.5 Å². The van der Waals surface area contributed by atoms with Crippen LogP contribution in [0.5, 0.6) is 11.5 Å². The Labute approximate surface area is 149 Å². The van der Waals surface area contributed by atoms with Gasteiger partial charge < -0.3 is 14.8 Å². The van der Waals surface area contributed by atoms with Crippen molar-refractivity contribution < 1.29 is 27.4 Å². The third-order valence-electron chi connectivity index (χ3n) is 3.65. The van der Waals surface area contributed by atoms with E-state index < -0.39 is 29.0 Å². The second-order valence-electron chi connectivity index (χ2n) is 5.62. The van der Waals surface area contributed by atoms with Crippen LogP contribution in [0.25, 0.3) is 0 Å². The molecule has 140 valence electrons. The molecule has 0 saturated heterocycles. The summed E-state index contributed by atoms with van der Waals surface area (Å²) in [5.41, 5.74) is 0.377. The van der Waals surface area contributed by atoms with E-state index in [1.165, 1.54) is 7.11 Å². The summed E-state index contributed by atoms with van der Waals surface area (Å²) < 4.78 is 50.2. The number of hydrogen-bond donors (Lipinski definition) is 1. The molecule has 0 radical (unpaired) electrons. The predicted molar refractivity (Wildman–Crippen MR) is 90.8 cm³/mol. The maximum absolute atomic E-state index is 13.6. The first-order chi connectivity index (χ1) is 12.3. The quantitative estimate of drug-likeness (QED) is 0.763. The summed E-state index contributed by atoms with van der Waals surface area (Å²) in [6.45, 7) is 0.257. The van der Waals surface area contributed by atoms with Crippen molar-refractivity contribution in [3.05, 3.63) is 53.3 Å². The lowest BCUT2D eigenvalue weighted by atomic mass is 10.1. The van der Waals surface area contributed by atoms with Crippen molar-refractivity contribution in [2.45, 2.75) is 6.54 Å². The van der Waals surface area contributed by atoms with E-state index >= 15 is 0 Å². The van der Waals surface area contributed by atoms with Gasteiger partial charge in [-0.2, -0.15) is 0 Å². The van der Waals surface area contributed by atoms with Crippen LogP contribution in [0.1, 0.15) is 5.56 Å². The molecule has 0 heterocycles. The lowest BCUT2D eigenvalue weighted by Gasteiger charge is -2.19. The van der Waals surface area contributed by atoms with Gasteiger partial charge in [0, 0.05) is 12.1 Å². The summed E-state index contributed by atoms with van der Waals surface area (Å²) in [5.74, 6) is -3.68. The normalized spacial score (nSPS) is 10.7. The molecule has 2 aromatic carbocycles. The van der Waals surface area contributed by atoms with Crippen molar-refractivity contribution in [3.63, 3.8) is 0 Å². The molecule has 2 aromatic rings. The number of methoxy groups -OCH3 is 2. The fourth-order valence-corrected chi connectivity index (χ4v) is 2.41. The number of carbonyl (C=O) groups is 1.